The molecule has 1 aliphatic rings. The highest BCUT2D eigenvalue weighted by molar-refractivity contribution is 7.16. The number of amides is 2. The molecule has 0 saturated heterocycles. The average molecular weight is 370 g/mol. The maximum Gasteiger partial charge on any atom is 0.261 e. The Hall–Kier alpha value is -1.82. The quantitative estimate of drug-likeness (QED) is 0.657. The van der Waals surface area contributed by atoms with Crippen LogP contribution in [0.5, 0.6) is 0 Å². The summed E-state index contributed by atoms with van der Waals surface area (Å²) in [7, 11) is 2.49. The molecule has 0 saturated carbocycles. The van der Waals surface area contributed by atoms with Gasteiger partial charge in [-0.2, -0.15) is 15.0 Å². The molecule has 118 valence electrons. The maximum atomic E-state index is 12.3. The summed E-state index contributed by atoms with van der Waals surface area (Å²) < 4.78 is 0. The number of benzene rings is 1. The number of hydrogen-bond donors (Lipinski definition) is 1. The average Bonchev–Trinajstić information content (AvgIpc) is 2.71. The lowest BCUT2D eigenvalue weighted by Crippen LogP contribution is -2.31. The first kappa shape index (κ1) is 16.1. The van der Waals surface area contributed by atoms with Crippen molar-refractivity contribution in [1.82, 2.24) is 19.9 Å². The molecule has 0 aliphatic carbocycles. The van der Waals surface area contributed by atoms with E-state index in [0.29, 0.717) is 29.5 Å². The molecule has 23 heavy (non-hydrogen) atoms. The van der Waals surface area contributed by atoms with Crippen molar-refractivity contribution < 1.29 is 9.59 Å². The number of fused-ring (bicyclic) bond motifs is 1. The van der Waals surface area contributed by atoms with Gasteiger partial charge < -0.3 is 5.32 Å². The van der Waals surface area contributed by atoms with Gasteiger partial charge in [-0.15, -0.1) is 9.24 Å². The van der Waals surface area contributed by atoms with E-state index in [2.05, 4.69) is 29.5 Å². The summed E-state index contributed by atoms with van der Waals surface area (Å²) in [4.78, 5) is 37.1. The Kier molecular flexibility index (Phi) is 4.43. The molecule has 7 nitrogen and oxygen atoms in total. The molecule has 1 aromatic carbocycles. The molecule has 1 aliphatic heterocycles. The van der Waals surface area contributed by atoms with Crippen molar-refractivity contribution in [3.63, 3.8) is 0 Å². The van der Waals surface area contributed by atoms with Crippen LogP contribution in [-0.4, -0.2) is 44.4 Å². The summed E-state index contributed by atoms with van der Waals surface area (Å²) in [5.74, 6) is -0.457. The lowest BCUT2D eigenvalue weighted by atomic mass is 10.1. The lowest BCUT2D eigenvalue weighted by molar-refractivity contribution is 0.0664. The first-order chi connectivity index (χ1) is 11.0. The van der Waals surface area contributed by atoms with Gasteiger partial charge in [0.05, 0.1) is 11.1 Å². The predicted molar refractivity (Wildman–Crippen MR) is 89.5 cm³/mol. The number of carbonyl (C=O) groups is 2. The van der Waals surface area contributed by atoms with Crippen molar-refractivity contribution >= 4 is 55.9 Å². The van der Waals surface area contributed by atoms with Crippen LogP contribution in [0.1, 0.15) is 20.7 Å². The van der Waals surface area contributed by atoms with Crippen molar-refractivity contribution in [3.8, 4) is 0 Å². The van der Waals surface area contributed by atoms with Gasteiger partial charge in [0.1, 0.15) is 0 Å². The zero-order valence-corrected chi connectivity index (χ0v) is 14.3. The summed E-state index contributed by atoms with van der Waals surface area (Å²) >= 11 is 11.4. The van der Waals surface area contributed by atoms with Crippen molar-refractivity contribution in [2.75, 3.05) is 18.0 Å². The highest BCUT2D eigenvalue weighted by Crippen LogP contribution is 2.27. The van der Waals surface area contributed by atoms with Gasteiger partial charge in [-0.05, 0) is 47.6 Å². The Morgan fingerprint density at radius 1 is 1.04 bits per heavy atom. The molecule has 0 fully saturated rings. The molecule has 0 spiro atoms. The van der Waals surface area contributed by atoms with Gasteiger partial charge in [-0.3, -0.25) is 14.5 Å². The van der Waals surface area contributed by atoms with Crippen LogP contribution < -0.4 is 5.32 Å². The second-order valence-electron chi connectivity index (χ2n) is 4.63. The molecule has 2 heterocycles. The van der Waals surface area contributed by atoms with Crippen LogP contribution in [0.25, 0.3) is 0 Å². The van der Waals surface area contributed by atoms with E-state index in [0.717, 1.165) is 0 Å². The van der Waals surface area contributed by atoms with Crippen molar-refractivity contribution in [2.45, 2.75) is 0 Å². The number of nitrogens with one attached hydrogen (secondary N) is 1. The van der Waals surface area contributed by atoms with Gasteiger partial charge >= 0.3 is 0 Å². The number of imide groups is 1. The molecule has 2 amide bonds. The van der Waals surface area contributed by atoms with Crippen LogP contribution in [-0.2, 0) is 0 Å². The van der Waals surface area contributed by atoms with Crippen LogP contribution >= 0.6 is 32.4 Å². The molecule has 1 N–H and O–H groups in total. The Morgan fingerprint density at radius 2 is 1.70 bits per heavy atom. The fourth-order valence-electron chi connectivity index (χ4n) is 2.21. The van der Waals surface area contributed by atoms with Crippen LogP contribution in [0.3, 0.4) is 0 Å². The number of rotatable bonds is 4. The minimum Gasteiger partial charge on any atom is -0.324 e. The fourth-order valence-corrected chi connectivity index (χ4v) is 2.83. The van der Waals surface area contributed by atoms with E-state index in [1.54, 1.807) is 18.2 Å². The third-order valence-electron chi connectivity index (χ3n) is 3.16. The van der Waals surface area contributed by atoms with Gasteiger partial charge in [-0.1, -0.05) is 0 Å². The molecule has 3 rings (SSSR count). The Labute approximate surface area is 143 Å². The SMILES string of the molecule is O=C1c2ccc(Nc3nc(Cl)nc(Cl)n3)cc2C(=O)N1CCP. The highest BCUT2D eigenvalue weighted by atomic mass is 35.5. The third-order valence-corrected chi connectivity index (χ3v) is 3.76. The first-order valence-electron chi connectivity index (χ1n) is 6.54. The number of anilines is 2. The number of nitrogens with zero attached hydrogens (tertiary/aromatic N) is 4. The Balaban J connectivity index is 1.91. The predicted octanol–water partition coefficient (Wildman–Crippen LogP) is 2.39. The van der Waals surface area contributed by atoms with Crippen LogP contribution in [0.4, 0.5) is 11.6 Å². The van der Waals surface area contributed by atoms with E-state index >= 15 is 0 Å². The number of halogens is 2. The highest BCUT2D eigenvalue weighted by Gasteiger charge is 2.34. The number of carbonyl (C=O) groups excluding carboxylic acids is 2. The standard InChI is InChI=1S/C13H10Cl2N5O2P/c14-11-17-12(15)19-13(18-11)16-6-1-2-7-8(5-6)10(22)20(3-4-23)9(7)21/h1-2,5H,3-4,23H2,(H,16,17,18,19). The minimum atomic E-state index is -0.317. The zero-order chi connectivity index (χ0) is 16.6. The second kappa shape index (κ2) is 6.35. The fraction of sp³-hybridized carbons (Fsp3) is 0.154. The maximum absolute atomic E-state index is 12.3. The minimum absolute atomic E-state index is 0.0495. The van der Waals surface area contributed by atoms with Gasteiger partial charge in [0.15, 0.2) is 0 Å². The number of hydrogen-bond acceptors (Lipinski definition) is 6. The van der Waals surface area contributed by atoms with E-state index in [-0.39, 0.29) is 28.3 Å². The van der Waals surface area contributed by atoms with Crippen LogP contribution in [0, 0.1) is 0 Å². The Morgan fingerprint density at radius 3 is 2.35 bits per heavy atom. The Bertz CT molecular complexity index is 797. The molecule has 1 aromatic heterocycles. The topological polar surface area (TPSA) is 88.1 Å². The van der Waals surface area contributed by atoms with Crippen molar-refractivity contribution in [2.24, 2.45) is 0 Å². The summed E-state index contributed by atoms with van der Waals surface area (Å²) in [5.41, 5.74) is 1.26. The van der Waals surface area contributed by atoms with Gasteiger partial charge in [0.2, 0.25) is 16.5 Å². The molecule has 0 radical (unpaired) electrons. The van der Waals surface area contributed by atoms with Gasteiger partial charge in [0.25, 0.3) is 11.8 Å². The zero-order valence-electron chi connectivity index (χ0n) is 11.6. The first-order valence-corrected chi connectivity index (χ1v) is 8.11. The molecule has 10 heteroatoms. The van der Waals surface area contributed by atoms with E-state index in [9.17, 15) is 9.59 Å². The molecule has 1 unspecified atom stereocenters. The summed E-state index contributed by atoms with van der Waals surface area (Å²) in [6, 6.07) is 4.81. The smallest absolute Gasteiger partial charge is 0.261 e. The van der Waals surface area contributed by atoms with Crippen LogP contribution in [0.2, 0.25) is 10.6 Å². The van der Waals surface area contributed by atoms with E-state index in [4.69, 9.17) is 23.2 Å². The van der Waals surface area contributed by atoms with Crippen molar-refractivity contribution in [1.29, 1.82) is 0 Å². The van der Waals surface area contributed by atoms with E-state index in [1.165, 1.54) is 4.90 Å². The van der Waals surface area contributed by atoms with E-state index in [1.807, 2.05) is 0 Å². The molecular formula is C13H10Cl2N5O2P. The lowest BCUT2D eigenvalue weighted by Gasteiger charge is -2.11. The molecule has 1 atom stereocenters. The normalized spacial score (nSPS) is 13.4. The van der Waals surface area contributed by atoms with Crippen LogP contribution in [0.15, 0.2) is 18.2 Å². The summed E-state index contributed by atoms with van der Waals surface area (Å²) in [5, 5.41) is 2.78. The molecule has 0 bridgehead atoms. The second-order valence-corrected chi connectivity index (χ2v) is 5.89. The monoisotopic (exact) mass is 369 g/mol. The summed E-state index contributed by atoms with van der Waals surface area (Å²) in [6.07, 6.45) is 0.623. The third kappa shape index (κ3) is 3.13. The molecule has 2 aromatic rings. The number of aromatic nitrogens is 3. The summed E-state index contributed by atoms with van der Waals surface area (Å²) in [6.45, 7) is 0.360. The van der Waals surface area contributed by atoms with Gasteiger partial charge in [-0.25, -0.2) is 0 Å². The molecular weight excluding hydrogens is 360 g/mol. The van der Waals surface area contributed by atoms with Gasteiger partial charge in [0, 0.05) is 12.2 Å². The van der Waals surface area contributed by atoms with E-state index < -0.39 is 0 Å². The van der Waals surface area contributed by atoms with Crippen molar-refractivity contribution in [3.05, 3.63) is 39.9 Å². The largest absolute Gasteiger partial charge is 0.324 e.